The van der Waals surface area contributed by atoms with Crippen molar-refractivity contribution in [3.8, 4) is 0 Å². The summed E-state index contributed by atoms with van der Waals surface area (Å²) in [5, 5.41) is 20.3. The molecule has 0 fully saturated rings. The van der Waals surface area contributed by atoms with E-state index in [9.17, 15) is 10.2 Å². The number of benzene rings is 1. The van der Waals surface area contributed by atoms with E-state index in [4.69, 9.17) is 0 Å². The van der Waals surface area contributed by atoms with Crippen molar-refractivity contribution in [2.45, 2.75) is 39.9 Å². The number of aliphatic hydroxyl groups excluding tert-OH is 2. The molecule has 2 N–H and O–H groups in total. The number of rotatable bonds is 5. The zero-order valence-corrected chi connectivity index (χ0v) is 11.7. The Labute approximate surface area is 110 Å². The maximum absolute atomic E-state index is 10.3. The molecular formula is C16H24O2. The summed E-state index contributed by atoms with van der Waals surface area (Å²) in [4.78, 5) is 0. The highest BCUT2D eigenvalue weighted by Gasteiger charge is 2.18. The summed E-state index contributed by atoms with van der Waals surface area (Å²) in [7, 11) is 0. The lowest BCUT2D eigenvalue weighted by Gasteiger charge is -2.21. The van der Waals surface area contributed by atoms with Gasteiger partial charge in [0.2, 0.25) is 0 Å². The van der Waals surface area contributed by atoms with Crippen molar-refractivity contribution in [2.24, 2.45) is 11.8 Å². The van der Waals surface area contributed by atoms with Crippen molar-refractivity contribution < 1.29 is 10.2 Å². The van der Waals surface area contributed by atoms with Crippen LogP contribution < -0.4 is 0 Å². The molecule has 1 rings (SSSR count). The Morgan fingerprint density at radius 1 is 0.944 bits per heavy atom. The van der Waals surface area contributed by atoms with E-state index >= 15 is 0 Å². The second-order valence-electron chi connectivity index (χ2n) is 5.41. The Balaban J connectivity index is 3.11. The zero-order valence-electron chi connectivity index (χ0n) is 11.7. The number of hydrogen-bond acceptors (Lipinski definition) is 2. The maximum Gasteiger partial charge on any atom is 0.0816 e. The predicted molar refractivity (Wildman–Crippen MR) is 76.1 cm³/mol. The van der Waals surface area contributed by atoms with Gasteiger partial charge in [0.1, 0.15) is 0 Å². The third-order valence-electron chi connectivity index (χ3n) is 3.09. The molecule has 0 radical (unpaired) electrons. The topological polar surface area (TPSA) is 40.5 Å². The molecule has 0 aliphatic carbocycles. The molecular weight excluding hydrogens is 224 g/mol. The Morgan fingerprint density at radius 2 is 1.50 bits per heavy atom. The molecule has 0 heterocycles. The Morgan fingerprint density at radius 3 is 1.94 bits per heavy atom. The van der Waals surface area contributed by atoms with E-state index in [0.717, 1.165) is 11.1 Å². The van der Waals surface area contributed by atoms with Gasteiger partial charge in [0.05, 0.1) is 12.2 Å². The summed E-state index contributed by atoms with van der Waals surface area (Å²) in [6.07, 6.45) is 0.694. The van der Waals surface area contributed by atoms with Gasteiger partial charge in [0.25, 0.3) is 0 Å². The van der Waals surface area contributed by atoms with Gasteiger partial charge in [0.15, 0.2) is 0 Å². The van der Waals surface area contributed by atoms with Crippen LogP contribution in [0.15, 0.2) is 36.4 Å². The average molecular weight is 248 g/mol. The highest BCUT2D eigenvalue weighted by molar-refractivity contribution is 5.69. The predicted octanol–water partition coefficient (Wildman–Crippen LogP) is 3.10. The molecule has 0 spiro atoms. The van der Waals surface area contributed by atoms with Gasteiger partial charge in [0, 0.05) is 0 Å². The summed E-state index contributed by atoms with van der Waals surface area (Å²) in [5.74, 6) is 0.263. The first-order chi connectivity index (χ1) is 8.43. The van der Waals surface area contributed by atoms with Crippen LogP contribution in [0.2, 0.25) is 0 Å². The van der Waals surface area contributed by atoms with Crippen LogP contribution >= 0.6 is 0 Å². The van der Waals surface area contributed by atoms with Crippen molar-refractivity contribution in [3.05, 3.63) is 42.0 Å². The summed E-state index contributed by atoms with van der Waals surface area (Å²) in [6, 6.07) is 9.76. The molecule has 0 saturated heterocycles. The van der Waals surface area contributed by atoms with Gasteiger partial charge < -0.3 is 10.2 Å². The van der Waals surface area contributed by atoms with Gasteiger partial charge in [-0.1, -0.05) is 58.0 Å². The zero-order chi connectivity index (χ0) is 13.7. The largest absolute Gasteiger partial charge is 0.389 e. The Bertz CT molecular complexity index is 379. The molecule has 2 heteroatoms. The lowest BCUT2D eigenvalue weighted by atomic mass is 9.90. The van der Waals surface area contributed by atoms with Crippen LogP contribution in [-0.4, -0.2) is 22.4 Å². The first kappa shape index (κ1) is 14.9. The van der Waals surface area contributed by atoms with Crippen LogP contribution in [0.4, 0.5) is 0 Å². The molecule has 0 aromatic heterocycles. The summed E-state index contributed by atoms with van der Waals surface area (Å²) in [5.41, 5.74) is 1.78. The third-order valence-corrected chi connectivity index (χ3v) is 3.09. The quantitative estimate of drug-likeness (QED) is 0.840. The lowest BCUT2D eigenvalue weighted by molar-refractivity contribution is 0.162. The number of aliphatic hydroxyl groups is 2. The van der Waals surface area contributed by atoms with Crippen LogP contribution in [0.5, 0.6) is 0 Å². The van der Waals surface area contributed by atoms with Gasteiger partial charge in [-0.15, -0.1) is 0 Å². The normalized spacial score (nSPS) is 16.1. The minimum absolute atomic E-state index is 0.121. The van der Waals surface area contributed by atoms with E-state index in [0.29, 0.717) is 0 Å². The van der Waals surface area contributed by atoms with Crippen LogP contribution in [0.3, 0.4) is 0 Å². The molecule has 2 atom stereocenters. The highest BCUT2D eigenvalue weighted by Crippen LogP contribution is 2.24. The van der Waals surface area contributed by atoms with Crippen LogP contribution in [0.25, 0.3) is 5.57 Å². The summed E-state index contributed by atoms with van der Waals surface area (Å²) < 4.78 is 0. The van der Waals surface area contributed by atoms with Crippen LogP contribution in [0, 0.1) is 11.8 Å². The van der Waals surface area contributed by atoms with Crippen molar-refractivity contribution in [1.29, 1.82) is 0 Å². The van der Waals surface area contributed by atoms with Crippen molar-refractivity contribution in [1.82, 2.24) is 0 Å². The molecule has 0 bridgehead atoms. The molecule has 100 valence electrons. The second-order valence-corrected chi connectivity index (χ2v) is 5.41. The Kier molecular flexibility index (Phi) is 5.57. The molecule has 0 saturated carbocycles. The SMILES string of the molecule is CC(C)[C@H](O)/C=C(/c1ccccc1)[C@@H](O)C(C)C. The van der Waals surface area contributed by atoms with Gasteiger partial charge in [-0.25, -0.2) is 0 Å². The fourth-order valence-corrected chi connectivity index (χ4v) is 1.73. The van der Waals surface area contributed by atoms with E-state index in [-0.39, 0.29) is 11.8 Å². The first-order valence-corrected chi connectivity index (χ1v) is 6.56. The first-order valence-electron chi connectivity index (χ1n) is 6.56. The van der Waals surface area contributed by atoms with Crippen molar-refractivity contribution >= 4 is 5.57 Å². The number of hydrogen-bond donors (Lipinski definition) is 2. The maximum atomic E-state index is 10.3. The van der Waals surface area contributed by atoms with Crippen LogP contribution in [-0.2, 0) is 0 Å². The highest BCUT2D eigenvalue weighted by atomic mass is 16.3. The average Bonchev–Trinajstić information content (AvgIpc) is 2.35. The molecule has 0 unspecified atom stereocenters. The minimum Gasteiger partial charge on any atom is -0.389 e. The lowest BCUT2D eigenvalue weighted by Crippen LogP contribution is -2.20. The van der Waals surface area contributed by atoms with E-state index in [1.165, 1.54) is 0 Å². The van der Waals surface area contributed by atoms with E-state index in [1.54, 1.807) is 6.08 Å². The van der Waals surface area contributed by atoms with E-state index in [2.05, 4.69) is 0 Å². The smallest absolute Gasteiger partial charge is 0.0816 e. The molecule has 0 amide bonds. The molecule has 1 aromatic carbocycles. The van der Waals surface area contributed by atoms with Gasteiger partial charge in [-0.05, 0) is 29.0 Å². The van der Waals surface area contributed by atoms with Gasteiger partial charge in [-0.2, -0.15) is 0 Å². The Hall–Kier alpha value is -1.12. The van der Waals surface area contributed by atoms with E-state index in [1.807, 2.05) is 58.0 Å². The van der Waals surface area contributed by atoms with E-state index < -0.39 is 12.2 Å². The molecule has 18 heavy (non-hydrogen) atoms. The molecule has 0 aliphatic heterocycles. The fourth-order valence-electron chi connectivity index (χ4n) is 1.73. The fraction of sp³-hybridized carbons (Fsp3) is 0.500. The minimum atomic E-state index is -0.555. The van der Waals surface area contributed by atoms with Gasteiger partial charge >= 0.3 is 0 Å². The van der Waals surface area contributed by atoms with Gasteiger partial charge in [-0.3, -0.25) is 0 Å². The molecule has 0 aliphatic rings. The standard InChI is InChI=1S/C16H24O2/c1-11(2)15(17)10-14(16(18)12(3)4)13-8-6-5-7-9-13/h5-12,15-18H,1-4H3/b14-10-/t15-,16+/m1/s1. The third kappa shape index (κ3) is 3.97. The second kappa shape index (κ2) is 6.72. The summed E-state index contributed by atoms with van der Waals surface area (Å²) >= 11 is 0. The molecule has 1 aromatic rings. The summed E-state index contributed by atoms with van der Waals surface area (Å²) in [6.45, 7) is 7.88. The van der Waals surface area contributed by atoms with Crippen LogP contribution in [0.1, 0.15) is 33.3 Å². The van der Waals surface area contributed by atoms with Crippen molar-refractivity contribution in [3.63, 3.8) is 0 Å². The molecule has 2 nitrogen and oxygen atoms in total. The van der Waals surface area contributed by atoms with Crippen molar-refractivity contribution in [2.75, 3.05) is 0 Å². The monoisotopic (exact) mass is 248 g/mol.